The third-order valence-electron chi connectivity index (χ3n) is 2.12. The molecular weight excluding hydrogens is 188 g/mol. The van der Waals surface area contributed by atoms with Crippen LogP contribution in [0.5, 0.6) is 0 Å². The predicted molar refractivity (Wildman–Crippen MR) is 63.9 cm³/mol. The number of unbranched alkanes of at least 4 members (excludes halogenated alkanes) is 1. The Labute approximate surface area is 91.3 Å². The second kappa shape index (κ2) is 5.53. The predicted octanol–water partition coefficient (Wildman–Crippen LogP) is 2.39. The summed E-state index contributed by atoms with van der Waals surface area (Å²) < 4.78 is 0. The molecule has 0 unspecified atom stereocenters. The maximum Gasteiger partial charge on any atom is 0.135 e. The monoisotopic (exact) mass is 208 g/mol. The molecular formula is C11H20N4. The molecule has 4 nitrogen and oxygen atoms in total. The Hall–Kier alpha value is -1.32. The number of hydrogen-bond donors (Lipinski definition) is 2. The molecule has 0 amide bonds. The molecule has 0 saturated heterocycles. The van der Waals surface area contributed by atoms with Gasteiger partial charge < -0.3 is 11.1 Å². The molecule has 4 heteroatoms. The first-order valence-corrected chi connectivity index (χ1v) is 5.51. The van der Waals surface area contributed by atoms with Gasteiger partial charge in [-0.1, -0.05) is 27.2 Å². The number of anilines is 2. The van der Waals surface area contributed by atoms with Gasteiger partial charge in [-0.05, 0) is 6.42 Å². The summed E-state index contributed by atoms with van der Waals surface area (Å²) in [6.07, 6.45) is 2.31. The first kappa shape index (κ1) is 11.8. The molecule has 0 aromatic carbocycles. The van der Waals surface area contributed by atoms with Crippen molar-refractivity contribution in [2.24, 2.45) is 0 Å². The van der Waals surface area contributed by atoms with Crippen molar-refractivity contribution in [3.8, 4) is 0 Å². The highest BCUT2D eigenvalue weighted by Crippen LogP contribution is 2.14. The van der Waals surface area contributed by atoms with E-state index < -0.39 is 0 Å². The van der Waals surface area contributed by atoms with Gasteiger partial charge in [-0.2, -0.15) is 0 Å². The van der Waals surface area contributed by atoms with Crippen LogP contribution in [0.15, 0.2) is 6.07 Å². The minimum absolute atomic E-state index is 0.306. The van der Waals surface area contributed by atoms with Crippen LogP contribution >= 0.6 is 0 Å². The van der Waals surface area contributed by atoms with E-state index in [-0.39, 0.29) is 0 Å². The number of nitrogens with zero attached hydrogens (tertiary/aromatic N) is 2. The average Bonchev–Trinajstić information content (AvgIpc) is 2.17. The minimum atomic E-state index is 0.306. The summed E-state index contributed by atoms with van der Waals surface area (Å²) in [5, 5.41) is 3.25. The van der Waals surface area contributed by atoms with E-state index in [1.807, 2.05) is 0 Å². The fourth-order valence-corrected chi connectivity index (χ4v) is 1.23. The first-order chi connectivity index (χ1) is 7.13. The molecule has 1 aromatic rings. The zero-order valence-electron chi connectivity index (χ0n) is 9.75. The molecule has 1 heterocycles. The summed E-state index contributed by atoms with van der Waals surface area (Å²) in [6.45, 7) is 7.22. The molecule has 0 saturated carbocycles. The third kappa shape index (κ3) is 3.73. The third-order valence-corrected chi connectivity index (χ3v) is 2.12. The van der Waals surface area contributed by atoms with Gasteiger partial charge in [0, 0.05) is 18.5 Å². The van der Waals surface area contributed by atoms with Gasteiger partial charge in [0.25, 0.3) is 0 Å². The number of nitrogens with two attached hydrogens (primary N) is 1. The second-order valence-corrected chi connectivity index (χ2v) is 3.97. The average molecular weight is 208 g/mol. The fourth-order valence-electron chi connectivity index (χ4n) is 1.23. The molecule has 0 spiro atoms. The number of nitrogen functional groups attached to an aromatic ring is 1. The van der Waals surface area contributed by atoms with Gasteiger partial charge in [0.1, 0.15) is 17.5 Å². The van der Waals surface area contributed by atoms with Gasteiger partial charge in [-0.3, -0.25) is 0 Å². The van der Waals surface area contributed by atoms with E-state index in [4.69, 9.17) is 5.73 Å². The lowest BCUT2D eigenvalue weighted by Gasteiger charge is -2.09. The Balaban J connectivity index is 2.71. The van der Waals surface area contributed by atoms with Crippen molar-refractivity contribution in [1.29, 1.82) is 0 Å². The van der Waals surface area contributed by atoms with E-state index in [2.05, 4.69) is 36.1 Å². The second-order valence-electron chi connectivity index (χ2n) is 3.97. The molecule has 0 fully saturated rings. The van der Waals surface area contributed by atoms with Crippen LogP contribution < -0.4 is 11.1 Å². The SMILES string of the molecule is CCCCNc1cc(N)nc(C(C)C)n1. The molecule has 0 bridgehead atoms. The van der Waals surface area contributed by atoms with Crippen molar-refractivity contribution >= 4 is 11.6 Å². The van der Waals surface area contributed by atoms with Gasteiger partial charge in [-0.15, -0.1) is 0 Å². The molecule has 0 aliphatic rings. The van der Waals surface area contributed by atoms with Crippen LogP contribution in [0.3, 0.4) is 0 Å². The summed E-state index contributed by atoms with van der Waals surface area (Å²) in [7, 11) is 0. The Morgan fingerprint density at radius 2 is 2.13 bits per heavy atom. The lowest BCUT2D eigenvalue weighted by molar-refractivity contribution is 0.772. The van der Waals surface area contributed by atoms with Crippen molar-refractivity contribution in [2.75, 3.05) is 17.6 Å². The van der Waals surface area contributed by atoms with Crippen molar-refractivity contribution in [3.63, 3.8) is 0 Å². The first-order valence-electron chi connectivity index (χ1n) is 5.51. The van der Waals surface area contributed by atoms with E-state index in [1.165, 1.54) is 6.42 Å². The zero-order chi connectivity index (χ0) is 11.3. The van der Waals surface area contributed by atoms with Gasteiger partial charge in [0.15, 0.2) is 0 Å². The summed E-state index contributed by atoms with van der Waals surface area (Å²) in [5.41, 5.74) is 5.71. The molecule has 15 heavy (non-hydrogen) atoms. The lowest BCUT2D eigenvalue weighted by Crippen LogP contribution is -2.08. The van der Waals surface area contributed by atoms with Gasteiger partial charge >= 0.3 is 0 Å². The fraction of sp³-hybridized carbons (Fsp3) is 0.636. The number of nitrogens with one attached hydrogen (secondary N) is 1. The van der Waals surface area contributed by atoms with Crippen LogP contribution in [0.4, 0.5) is 11.6 Å². The van der Waals surface area contributed by atoms with Gasteiger partial charge in [0.05, 0.1) is 0 Å². The molecule has 84 valence electrons. The van der Waals surface area contributed by atoms with E-state index in [1.54, 1.807) is 6.07 Å². The highest BCUT2D eigenvalue weighted by molar-refractivity contribution is 5.44. The maximum atomic E-state index is 5.71. The molecule has 0 radical (unpaired) electrons. The van der Waals surface area contributed by atoms with Crippen LogP contribution in [0.1, 0.15) is 45.4 Å². The lowest BCUT2D eigenvalue weighted by atomic mass is 10.2. The van der Waals surface area contributed by atoms with Crippen molar-refractivity contribution in [1.82, 2.24) is 9.97 Å². The van der Waals surface area contributed by atoms with Crippen LogP contribution in [-0.2, 0) is 0 Å². The van der Waals surface area contributed by atoms with Crippen molar-refractivity contribution in [2.45, 2.75) is 39.5 Å². The van der Waals surface area contributed by atoms with Crippen molar-refractivity contribution < 1.29 is 0 Å². The number of hydrogen-bond acceptors (Lipinski definition) is 4. The standard InChI is InChI=1S/C11H20N4/c1-4-5-6-13-10-7-9(12)14-11(15-10)8(2)3/h7-8H,4-6H2,1-3H3,(H3,12,13,14,15). The highest BCUT2D eigenvalue weighted by Gasteiger charge is 2.05. The van der Waals surface area contributed by atoms with E-state index in [0.717, 1.165) is 24.6 Å². The Kier molecular flexibility index (Phi) is 4.34. The summed E-state index contributed by atoms with van der Waals surface area (Å²) in [5.74, 6) is 2.47. The summed E-state index contributed by atoms with van der Waals surface area (Å²) in [6, 6.07) is 1.78. The molecule has 0 aliphatic heterocycles. The Morgan fingerprint density at radius 1 is 1.40 bits per heavy atom. The Morgan fingerprint density at radius 3 is 2.73 bits per heavy atom. The van der Waals surface area contributed by atoms with Crippen LogP contribution in [-0.4, -0.2) is 16.5 Å². The maximum absolute atomic E-state index is 5.71. The van der Waals surface area contributed by atoms with E-state index >= 15 is 0 Å². The number of aromatic nitrogens is 2. The molecule has 0 atom stereocenters. The topological polar surface area (TPSA) is 63.8 Å². The highest BCUT2D eigenvalue weighted by atomic mass is 15.0. The number of rotatable bonds is 5. The zero-order valence-corrected chi connectivity index (χ0v) is 9.75. The molecule has 1 rings (SSSR count). The van der Waals surface area contributed by atoms with Crippen LogP contribution in [0.25, 0.3) is 0 Å². The smallest absolute Gasteiger partial charge is 0.135 e. The molecule has 0 aliphatic carbocycles. The Bertz CT molecular complexity index is 309. The molecule has 3 N–H and O–H groups in total. The summed E-state index contributed by atoms with van der Waals surface area (Å²) in [4.78, 5) is 8.59. The van der Waals surface area contributed by atoms with Gasteiger partial charge in [-0.25, -0.2) is 9.97 Å². The largest absolute Gasteiger partial charge is 0.384 e. The summed E-state index contributed by atoms with van der Waals surface area (Å²) >= 11 is 0. The van der Waals surface area contributed by atoms with E-state index in [0.29, 0.717) is 11.7 Å². The van der Waals surface area contributed by atoms with Gasteiger partial charge in [0.2, 0.25) is 0 Å². The minimum Gasteiger partial charge on any atom is -0.384 e. The normalized spacial score (nSPS) is 10.7. The van der Waals surface area contributed by atoms with Crippen molar-refractivity contribution in [3.05, 3.63) is 11.9 Å². The van der Waals surface area contributed by atoms with E-state index in [9.17, 15) is 0 Å². The van der Waals surface area contributed by atoms with Crippen LogP contribution in [0, 0.1) is 0 Å². The molecule has 1 aromatic heterocycles. The quantitative estimate of drug-likeness (QED) is 0.729. The van der Waals surface area contributed by atoms with Crippen LogP contribution in [0.2, 0.25) is 0 Å².